The van der Waals surface area contributed by atoms with E-state index in [9.17, 15) is 0 Å². The van der Waals surface area contributed by atoms with Crippen LogP contribution in [0, 0.1) is 0 Å². The lowest BCUT2D eigenvalue weighted by atomic mass is 10.3. The molecule has 0 aliphatic rings. The molecule has 0 fully saturated rings. The van der Waals surface area contributed by atoms with Crippen molar-refractivity contribution in [3.63, 3.8) is 0 Å². The molecule has 6 nitrogen and oxygen atoms in total. The highest BCUT2D eigenvalue weighted by atomic mass is 32.1. The van der Waals surface area contributed by atoms with Crippen LogP contribution in [0.25, 0.3) is 11.0 Å². The lowest BCUT2D eigenvalue weighted by Gasteiger charge is -1.97. The predicted molar refractivity (Wildman–Crippen MR) is 70.7 cm³/mol. The van der Waals surface area contributed by atoms with Crippen LogP contribution in [0.3, 0.4) is 0 Å². The van der Waals surface area contributed by atoms with E-state index >= 15 is 0 Å². The summed E-state index contributed by atoms with van der Waals surface area (Å²) in [6.45, 7) is 3.48. The van der Waals surface area contributed by atoms with Gasteiger partial charge in [-0.05, 0) is 19.1 Å². The molecule has 0 spiro atoms. The number of nitrogens with one attached hydrogen (secondary N) is 1. The summed E-state index contributed by atoms with van der Waals surface area (Å²) in [6.07, 6.45) is 0. The Hall–Kier alpha value is -2.02. The SMILES string of the molecule is CCNc1nnc(Cn2nnc3ccccc32)s1. The first kappa shape index (κ1) is 11.1. The number of rotatable bonds is 4. The van der Waals surface area contributed by atoms with Crippen molar-refractivity contribution in [1.82, 2.24) is 25.2 Å². The van der Waals surface area contributed by atoms with Crippen molar-refractivity contribution >= 4 is 27.5 Å². The molecule has 0 saturated carbocycles. The molecule has 0 atom stereocenters. The zero-order valence-corrected chi connectivity index (χ0v) is 10.7. The molecule has 7 heteroatoms. The molecular weight excluding hydrogens is 248 g/mol. The summed E-state index contributed by atoms with van der Waals surface area (Å²) >= 11 is 1.54. The van der Waals surface area contributed by atoms with Gasteiger partial charge >= 0.3 is 0 Å². The summed E-state index contributed by atoms with van der Waals surface area (Å²) in [7, 11) is 0. The van der Waals surface area contributed by atoms with Crippen molar-refractivity contribution in [2.24, 2.45) is 0 Å². The Kier molecular flexibility index (Phi) is 2.89. The normalized spacial score (nSPS) is 10.9. The Morgan fingerprint density at radius 1 is 1.22 bits per heavy atom. The minimum absolute atomic E-state index is 0.601. The van der Waals surface area contributed by atoms with Gasteiger partial charge in [0.05, 0.1) is 12.1 Å². The Morgan fingerprint density at radius 2 is 2.11 bits per heavy atom. The van der Waals surface area contributed by atoms with Crippen LogP contribution in [0.4, 0.5) is 5.13 Å². The van der Waals surface area contributed by atoms with Crippen LogP contribution in [0.5, 0.6) is 0 Å². The molecule has 0 bridgehead atoms. The second-order valence-corrected chi connectivity index (χ2v) is 4.83. The van der Waals surface area contributed by atoms with Crippen LogP contribution >= 0.6 is 11.3 Å². The monoisotopic (exact) mass is 260 g/mol. The van der Waals surface area contributed by atoms with Gasteiger partial charge in [-0.3, -0.25) is 0 Å². The standard InChI is InChI=1S/C11H12N6S/c1-2-12-11-15-14-10(18-11)7-17-9-6-4-3-5-8(9)13-16-17/h3-6H,2,7H2,1H3,(H,12,15). The smallest absolute Gasteiger partial charge is 0.205 e. The van der Waals surface area contributed by atoms with E-state index in [2.05, 4.69) is 25.8 Å². The first-order valence-corrected chi connectivity index (χ1v) is 6.53. The summed E-state index contributed by atoms with van der Waals surface area (Å²) in [4.78, 5) is 0. The van der Waals surface area contributed by atoms with Crippen LogP contribution in [-0.4, -0.2) is 31.7 Å². The van der Waals surface area contributed by atoms with Crippen LogP contribution in [0.2, 0.25) is 0 Å². The van der Waals surface area contributed by atoms with Gasteiger partial charge in [0.15, 0.2) is 0 Å². The number of hydrogen-bond acceptors (Lipinski definition) is 6. The zero-order valence-electron chi connectivity index (χ0n) is 9.87. The zero-order chi connectivity index (χ0) is 12.4. The molecule has 0 amide bonds. The van der Waals surface area contributed by atoms with Crippen LogP contribution in [0.15, 0.2) is 24.3 Å². The van der Waals surface area contributed by atoms with Crippen molar-refractivity contribution in [2.45, 2.75) is 13.5 Å². The largest absolute Gasteiger partial charge is 0.360 e. The lowest BCUT2D eigenvalue weighted by Crippen LogP contribution is -2.01. The van der Waals surface area contributed by atoms with Crippen LogP contribution in [0.1, 0.15) is 11.9 Å². The Bertz CT molecular complexity index is 658. The van der Waals surface area contributed by atoms with Crippen LogP contribution < -0.4 is 5.32 Å². The maximum absolute atomic E-state index is 4.13. The third-order valence-corrected chi connectivity index (χ3v) is 3.37. The maximum Gasteiger partial charge on any atom is 0.205 e. The molecule has 0 radical (unpaired) electrons. The Labute approximate surface area is 108 Å². The number of hydrogen-bond donors (Lipinski definition) is 1. The van der Waals surface area contributed by atoms with Gasteiger partial charge in [-0.2, -0.15) is 0 Å². The molecule has 18 heavy (non-hydrogen) atoms. The Balaban J connectivity index is 1.87. The van der Waals surface area contributed by atoms with E-state index in [0.717, 1.165) is 27.7 Å². The fourth-order valence-electron chi connectivity index (χ4n) is 1.70. The highest BCUT2D eigenvalue weighted by Crippen LogP contribution is 2.17. The highest BCUT2D eigenvalue weighted by Gasteiger charge is 2.08. The molecule has 3 aromatic rings. The quantitative estimate of drug-likeness (QED) is 0.774. The van der Waals surface area contributed by atoms with E-state index < -0.39 is 0 Å². The Morgan fingerprint density at radius 3 is 3.00 bits per heavy atom. The fourth-order valence-corrected chi connectivity index (χ4v) is 2.49. The van der Waals surface area contributed by atoms with Gasteiger partial charge in [-0.25, -0.2) is 4.68 Å². The first-order chi connectivity index (χ1) is 8.86. The van der Waals surface area contributed by atoms with E-state index in [0.29, 0.717) is 6.54 Å². The second kappa shape index (κ2) is 4.69. The van der Waals surface area contributed by atoms with Crippen molar-refractivity contribution in [3.8, 4) is 0 Å². The summed E-state index contributed by atoms with van der Waals surface area (Å²) in [5.74, 6) is 0. The number of aromatic nitrogens is 5. The number of nitrogens with zero attached hydrogens (tertiary/aromatic N) is 5. The third kappa shape index (κ3) is 2.04. The number of anilines is 1. The van der Waals surface area contributed by atoms with Crippen molar-refractivity contribution in [3.05, 3.63) is 29.3 Å². The summed E-state index contributed by atoms with van der Waals surface area (Å²) in [5.41, 5.74) is 1.91. The molecule has 2 aromatic heterocycles. The third-order valence-electron chi connectivity index (χ3n) is 2.50. The minimum Gasteiger partial charge on any atom is -0.360 e. The van der Waals surface area contributed by atoms with Gasteiger partial charge in [-0.1, -0.05) is 28.7 Å². The molecule has 92 valence electrons. The van der Waals surface area contributed by atoms with Gasteiger partial charge in [0, 0.05) is 6.54 Å². The van der Waals surface area contributed by atoms with Gasteiger partial charge in [-0.15, -0.1) is 15.3 Å². The topological polar surface area (TPSA) is 68.5 Å². The first-order valence-electron chi connectivity index (χ1n) is 5.71. The van der Waals surface area contributed by atoms with Gasteiger partial charge in [0.25, 0.3) is 0 Å². The molecule has 0 aliphatic carbocycles. The maximum atomic E-state index is 4.13. The molecule has 1 N–H and O–H groups in total. The van der Waals surface area contributed by atoms with E-state index in [1.807, 2.05) is 35.9 Å². The van der Waals surface area contributed by atoms with Crippen molar-refractivity contribution in [1.29, 1.82) is 0 Å². The highest BCUT2D eigenvalue weighted by molar-refractivity contribution is 7.15. The van der Waals surface area contributed by atoms with Gasteiger partial charge in [0.2, 0.25) is 5.13 Å². The second-order valence-electron chi connectivity index (χ2n) is 3.77. The summed E-state index contributed by atoms with van der Waals surface area (Å²) < 4.78 is 1.84. The molecule has 2 heterocycles. The number of para-hydroxylation sites is 1. The van der Waals surface area contributed by atoms with E-state index in [1.54, 1.807) is 11.3 Å². The van der Waals surface area contributed by atoms with E-state index in [1.165, 1.54) is 0 Å². The van der Waals surface area contributed by atoms with Gasteiger partial charge in [0.1, 0.15) is 10.5 Å². The van der Waals surface area contributed by atoms with Crippen molar-refractivity contribution in [2.75, 3.05) is 11.9 Å². The van der Waals surface area contributed by atoms with Gasteiger partial charge < -0.3 is 5.32 Å². The summed E-state index contributed by atoms with van der Waals surface area (Å²) in [5, 5.41) is 21.3. The van der Waals surface area contributed by atoms with E-state index in [4.69, 9.17) is 0 Å². The molecular formula is C11H12N6S. The lowest BCUT2D eigenvalue weighted by molar-refractivity contribution is 0.662. The molecule has 0 saturated heterocycles. The number of fused-ring (bicyclic) bond motifs is 1. The van der Waals surface area contributed by atoms with Crippen molar-refractivity contribution < 1.29 is 0 Å². The molecule has 0 aliphatic heterocycles. The minimum atomic E-state index is 0.601. The number of benzene rings is 1. The molecule has 3 rings (SSSR count). The molecule has 0 unspecified atom stereocenters. The predicted octanol–water partition coefficient (Wildman–Crippen LogP) is 1.76. The molecule has 1 aromatic carbocycles. The average Bonchev–Trinajstić information content (AvgIpc) is 2.99. The van der Waals surface area contributed by atoms with Crippen LogP contribution in [-0.2, 0) is 6.54 Å². The fraction of sp³-hybridized carbons (Fsp3) is 0.273. The average molecular weight is 260 g/mol. The van der Waals surface area contributed by atoms with E-state index in [-0.39, 0.29) is 0 Å². The summed E-state index contributed by atoms with van der Waals surface area (Å²) in [6, 6.07) is 7.88.